The number of hydrogen-bond donors (Lipinski definition) is 3. The van der Waals surface area contributed by atoms with Gasteiger partial charge in [-0.2, -0.15) is 0 Å². The zero-order valence-corrected chi connectivity index (χ0v) is 26.7. The molecular weight excluding hydrogens is 588 g/mol. The molecule has 3 aliphatic rings. The number of esters is 1. The lowest BCUT2D eigenvalue weighted by Gasteiger charge is -2.20. The molecule has 11 nitrogen and oxygen atoms in total. The summed E-state index contributed by atoms with van der Waals surface area (Å²) in [5.74, 6) is -4.67. The number of aldehydes is 1. The summed E-state index contributed by atoms with van der Waals surface area (Å²) in [5.41, 5.74) is 6.74. The molecule has 3 N–H and O–H groups in total. The molecular formula is C35H36N4O7. The number of nitrogens with zero attached hydrogens (tertiary/aromatic N) is 2. The number of hydrogen-bond acceptors (Lipinski definition) is 7. The minimum atomic E-state index is -1.29. The predicted octanol–water partition coefficient (Wildman–Crippen LogP) is 3.24. The lowest BCUT2D eigenvalue weighted by Crippen LogP contribution is -2.31. The minimum absolute atomic E-state index is 0.162. The Morgan fingerprint density at radius 2 is 1.78 bits per heavy atom. The van der Waals surface area contributed by atoms with E-state index in [9.17, 15) is 29.1 Å². The van der Waals surface area contributed by atoms with E-state index >= 15 is 0 Å². The number of rotatable bonds is 10. The number of ether oxygens (including phenoxy) is 1. The van der Waals surface area contributed by atoms with Crippen LogP contribution in [-0.2, 0) is 25.5 Å². The van der Waals surface area contributed by atoms with E-state index in [0.29, 0.717) is 67.8 Å². The topological polar surface area (TPSA) is 171 Å². The van der Waals surface area contributed by atoms with Crippen molar-refractivity contribution in [2.75, 3.05) is 7.11 Å². The van der Waals surface area contributed by atoms with Crippen LogP contribution in [0.2, 0.25) is 0 Å². The number of fused-ring (bicyclic) bond motifs is 1. The van der Waals surface area contributed by atoms with Gasteiger partial charge in [-0.1, -0.05) is 26.5 Å². The van der Waals surface area contributed by atoms with Crippen molar-refractivity contribution in [3.8, 4) is 0 Å². The fourth-order valence-corrected chi connectivity index (χ4v) is 6.75. The van der Waals surface area contributed by atoms with E-state index in [0.717, 1.165) is 23.1 Å². The highest BCUT2D eigenvalue weighted by Gasteiger charge is 2.47. The maximum atomic E-state index is 14.0. The van der Waals surface area contributed by atoms with E-state index < -0.39 is 35.5 Å². The molecule has 5 rings (SSSR count). The normalized spacial score (nSPS) is 22.1. The van der Waals surface area contributed by atoms with Gasteiger partial charge in [0.2, 0.25) is 0 Å². The molecule has 0 spiro atoms. The van der Waals surface area contributed by atoms with Gasteiger partial charge in [0.05, 0.1) is 29.6 Å². The fraction of sp³-hybridized carbons (Fsp3) is 0.343. The number of methoxy groups -OCH3 is 1. The highest BCUT2D eigenvalue weighted by atomic mass is 16.5. The summed E-state index contributed by atoms with van der Waals surface area (Å²) in [5, 5.41) is 10.6. The number of allylic oxidation sites excluding steroid dienone is 3. The number of aromatic nitrogens is 2. The van der Waals surface area contributed by atoms with Gasteiger partial charge in [0.1, 0.15) is 5.92 Å². The highest BCUT2D eigenvalue weighted by molar-refractivity contribution is 6.35. The van der Waals surface area contributed by atoms with Gasteiger partial charge >= 0.3 is 11.9 Å². The van der Waals surface area contributed by atoms with Gasteiger partial charge in [-0.15, -0.1) is 0 Å². The van der Waals surface area contributed by atoms with Crippen molar-refractivity contribution in [3.05, 3.63) is 79.9 Å². The number of carboxylic acid groups (broad SMARTS) is 1. The van der Waals surface area contributed by atoms with E-state index in [4.69, 9.17) is 9.73 Å². The number of Topliss-reactive ketones (excluding diaryl/α,β-unsaturated/α-hetero) is 1. The van der Waals surface area contributed by atoms with Crippen molar-refractivity contribution in [3.63, 3.8) is 0 Å². The second-order valence-electron chi connectivity index (χ2n) is 11.8. The maximum absolute atomic E-state index is 14.0. The summed E-state index contributed by atoms with van der Waals surface area (Å²) in [6.07, 6.45) is 6.48. The van der Waals surface area contributed by atoms with Gasteiger partial charge in [-0.25, -0.2) is 4.99 Å². The molecule has 0 radical (unpaired) electrons. The van der Waals surface area contributed by atoms with Gasteiger partial charge in [0.15, 0.2) is 12.1 Å². The molecule has 2 aromatic rings. The zero-order chi connectivity index (χ0) is 33.6. The van der Waals surface area contributed by atoms with Crippen LogP contribution in [0.15, 0.2) is 45.6 Å². The summed E-state index contributed by atoms with van der Waals surface area (Å²) in [4.78, 5) is 78.5. The number of carboxylic acids is 1. The van der Waals surface area contributed by atoms with Crippen LogP contribution < -0.4 is 10.7 Å². The number of aliphatic carboxylic acids is 1. The maximum Gasteiger partial charge on any atom is 0.321 e. The van der Waals surface area contributed by atoms with Crippen LogP contribution in [0.25, 0.3) is 11.6 Å². The van der Waals surface area contributed by atoms with Crippen molar-refractivity contribution in [2.45, 2.75) is 53.9 Å². The van der Waals surface area contributed by atoms with E-state index in [1.807, 2.05) is 26.8 Å². The summed E-state index contributed by atoms with van der Waals surface area (Å²) < 4.78 is 5.09. The van der Waals surface area contributed by atoms with Crippen molar-refractivity contribution >= 4 is 53.0 Å². The van der Waals surface area contributed by atoms with Crippen molar-refractivity contribution in [2.24, 2.45) is 27.7 Å². The van der Waals surface area contributed by atoms with E-state index in [2.05, 4.69) is 21.5 Å². The highest BCUT2D eigenvalue weighted by Crippen LogP contribution is 2.41. The van der Waals surface area contributed by atoms with Crippen molar-refractivity contribution < 1.29 is 33.8 Å². The van der Waals surface area contributed by atoms with Crippen LogP contribution in [0, 0.1) is 31.6 Å². The van der Waals surface area contributed by atoms with Crippen LogP contribution in [0.1, 0.15) is 76.8 Å². The molecule has 2 aliphatic heterocycles. The molecule has 0 fully saturated rings. The Morgan fingerprint density at radius 3 is 2.37 bits per heavy atom. The van der Waals surface area contributed by atoms with Gasteiger partial charge in [-0.05, 0) is 68.0 Å². The molecule has 11 heteroatoms. The number of amides is 1. The Balaban J connectivity index is 1.77. The third-order valence-electron chi connectivity index (χ3n) is 9.35. The Morgan fingerprint density at radius 1 is 1.07 bits per heavy atom. The Bertz CT molecular complexity index is 2000. The van der Waals surface area contributed by atoms with Gasteiger partial charge < -0.3 is 19.8 Å². The Labute approximate surface area is 265 Å². The molecule has 0 saturated heterocycles. The molecule has 0 aromatic carbocycles. The number of aliphatic imine (C=N–C) groups is 2. The Hall–Kier alpha value is -5.19. The molecule has 1 amide bonds. The first kappa shape index (κ1) is 32.2. The number of carbonyl (C=O) groups excluding carboxylic acids is 4. The molecule has 4 heterocycles. The molecule has 1 aliphatic carbocycles. The SMILES string of the molecule is C=CC1=C(C)C(/C=C2\N=C(C3=c4[nH]/c(=C/c5[nH]c(C=O)c(C)c5CC)c(C)c4C(=O)[C@@H]3C(=O)OC)[C@@H](CCC(=O)O)[C@@H]2C)=NC1=O. The first-order valence-corrected chi connectivity index (χ1v) is 15.1. The summed E-state index contributed by atoms with van der Waals surface area (Å²) >= 11 is 0. The van der Waals surface area contributed by atoms with E-state index in [1.54, 1.807) is 19.9 Å². The average Bonchev–Trinajstić information content (AvgIpc) is 3.76. The standard InChI is InChI=1S/C35H36N4O7/c1-8-19-15(3)26(14-40)36-25(19)13-24-18(6)28-32(38-24)29(30(33(28)43)35(45)46-7)31-21(10-11-27(41)42)17(5)22(37-31)12-23-16(4)20(9-2)34(44)39-23/h9,12-14,17,21,30,36,38H,2,8,10-11H2,1,3-7H3,(H,41,42)/b22-12-,24-13+/t17-,21-,30+/m0/s1. The molecule has 0 bridgehead atoms. The second kappa shape index (κ2) is 12.3. The fourth-order valence-electron chi connectivity index (χ4n) is 6.75. The molecule has 0 saturated carbocycles. The first-order chi connectivity index (χ1) is 21.9. The number of aromatic amines is 2. The van der Waals surface area contributed by atoms with Crippen molar-refractivity contribution in [1.82, 2.24) is 9.97 Å². The lowest BCUT2D eigenvalue weighted by atomic mass is 9.81. The van der Waals surface area contributed by atoms with Gasteiger partial charge in [-0.3, -0.25) is 29.0 Å². The van der Waals surface area contributed by atoms with E-state index in [-0.39, 0.29) is 18.8 Å². The summed E-state index contributed by atoms with van der Waals surface area (Å²) in [6.45, 7) is 13.0. The first-order valence-electron chi connectivity index (χ1n) is 15.1. The average molecular weight is 625 g/mol. The molecule has 3 atom stereocenters. The third kappa shape index (κ3) is 5.15. The van der Waals surface area contributed by atoms with Gasteiger partial charge in [0, 0.05) is 51.7 Å². The van der Waals surface area contributed by atoms with Crippen LogP contribution in [-0.4, -0.2) is 63.5 Å². The largest absolute Gasteiger partial charge is 0.481 e. The van der Waals surface area contributed by atoms with Crippen LogP contribution in [0.3, 0.4) is 0 Å². The summed E-state index contributed by atoms with van der Waals surface area (Å²) in [6, 6.07) is 0. The molecule has 0 unspecified atom stereocenters. The quantitative estimate of drug-likeness (QED) is 0.207. The Kier molecular flexibility index (Phi) is 8.62. The molecule has 2 aromatic heterocycles. The zero-order valence-electron chi connectivity index (χ0n) is 26.7. The smallest absolute Gasteiger partial charge is 0.321 e. The number of ketones is 1. The van der Waals surface area contributed by atoms with Gasteiger partial charge in [0.25, 0.3) is 5.91 Å². The van der Waals surface area contributed by atoms with E-state index in [1.165, 1.54) is 13.2 Å². The summed E-state index contributed by atoms with van der Waals surface area (Å²) in [7, 11) is 1.21. The van der Waals surface area contributed by atoms with Crippen LogP contribution in [0.5, 0.6) is 0 Å². The number of nitrogens with one attached hydrogen (secondary N) is 2. The lowest BCUT2D eigenvalue weighted by molar-refractivity contribution is -0.142. The molecule has 238 valence electrons. The molecule has 46 heavy (non-hydrogen) atoms. The predicted molar refractivity (Wildman–Crippen MR) is 172 cm³/mol. The van der Waals surface area contributed by atoms with Crippen LogP contribution >= 0.6 is 0 Å². The number of H-pyrrole nitrogens is 2. The number of carbonyl (C=O) groups is 5. The second-order valence-corrected chi connectivity index (χ2v) is 11.8. The minimum Gasteiger partial charge on any atom is -0.481 e. The van der Waals surface area contributed by atoms with Crippen molar-refractivity contribution in [1.29, 1.82) is 0 Å². The van der Waals surface area contributed by atoms with Crippen LogP contribution in [0.4, 0.5) is 0 Å². The third-order valence-corrected chi connectivity index (χ3v) is 9.35. The monoisotopic (exact) mass is 624 g/mol.